The number of hydrogen-bond acceptors (Lipinski definition) is 3. The van der Waals surface area contributed by atoms with Crippen molar-refractivity contribution in [1.82, 2.24) is 14.7 Å². The predicted octanol–water partition coefficient (Wildman–Crippen LogP) is 6.51. The number of rotatable bonds is 7. The van der Waals surface area contributed by atoms with E-state index in [0.29, 0.717) is 17.5 Å². The normalized spacial score (nSPS) is 11.1. The third-order valence-corrected chi connectivity index (χ3v) is 6.96. The summed E-state index contributed by atoms with van der Waals surface area (Å²) in [5.41, 5.74) is 5.44. The van der Waals surface area contributed by atoms with Crippen LogP contribution >= 0.6 is 0 Å². The Kier molecular flexibility index (Phi) is 6.54. The molecule has 0 aliphatic rings. The Morgan fingerprint density at radius 2 is 1.55 bits per heavy atom. The number of amides is 1. The topological polar surface area (TPSA) is 83.7 Å². The van der Waals surface area contributed by atoms with Crippen LogP contribution in [0, 0.1) is 5.82 Å². The van der Waals surface area contributed by atoms with Crippen molar-refractivity contribution in [1.29, 1.82) is 0 Å². The summed E-state index contributed by atoms with van der Waals surface area (Å²) >= 11 is 0. The number of hydrogen-bond donors (Lipinski definition) is 2. The van der Waals surface area contributed by atoms with Gasteiger partial charge < -0.3 is 14.8 Å². The predicted molar refractivity (Wildman–Crippen MR) is 152 cm³/mol. The summed E-state index contributed by atoms with van der Waals surface area (Å²) in [6.45, 7) is 0.222. The first kappa shape index (κ1) is 25.0. The number of carbonyl (C=O) groups excluding carboxylic acids is 1. The maximum Gasteiger partial charge on any atom is 0.335 e. The van der Waals surface area contributed by atoms with Gasteiger partial charge in [-0.05, 0) is 63.4 Å². The van der Waals surface area contributed by atoms with Crippen LogP contribution in [-0.4, -0.2) is 26.4 Å². The molecule has 6 aromatic rings. The van der Waals surface area contributed by atoms with Gasteiger partial charge in [0.2, 0.25) is 0 Å². The van der Waals surface area contributed by atoms with E-state index >= 15 is 0 Å². The van der Waals surface area contributed by atoms with Crippen LogP contribution in [0.1, 0.15) is 37.5 Å². The largest absolute Gasteiger partial charge is 0.478 e. The van der Waals surface area contributed by atoms with Gasteiger partial charge in [-0.2, -0.15) is 0 Å². The second-order valence-electron chi connectivity index (χ2n) is 9.64. The zero-order valence-electron chi connectivity index (χ0n) is 21.3. The molecule has 4 aromatic carbocycles. The lowest BCUT2D eigenvalue weighted by Gasteiger charge is -2.12. The smallest absolute Gasteiger partial charge is 0.335 e. The third-order valence-electron chi connectivity index (χ3n) is 6.96. The van der Waals surface area contributed by atoms with Gasteiger partial charge in [0.1, 0.15) is 5.82 Å². The number of halogens is 1. The highest BCUT2D eigenvalue weighted by molar-refractivity contribution is 6.02. The minimum absolute atomic E-state index is 0.182. The Bertz CT molecular complexity index is 1880. The van der Waals surface area contributed by atoms with Gasteiger partial charge in [-0.1, -0.05) is 66.7 Å². The van der Waals surface area contributed by atoms with Gasteiger partial charge in [-0.15, -0.1) is 0 Å². The number of carboxylic acid groups (broad SMARTS) is 1. The zero-order valence-corrected chi connectivity index (χ0v) is 21.3. The van der Waals surface area contributed by atoms with Crippen molar-refractivity contribution in [2.75, 3.05) is 0 Å². The second kappa shape index (κ2) is 10.5. The maximum absolute atomic E-state index is 13.6. The highest BCUT2D eigenvalue weighted by Crippen LogP contribution is 2.27. The molecule has 6 nitrogen and oxygen atoms in total. The van der Waals surface area contributed by atoms with Crippen LogP contribution in [0.4, 0.5) is 4.39 Å². The van der Waals surface area contributed by atoms with Gasteiger partial charge in [0.25, 0.3) is 5.91 Å². The molecular formula is C33H24FN3O3. The van der Waals surface area contributed by atoms with Crippen LogP contribution in [0.25, 0.3) is 27.4 Å². The molecule has 0 aliphatic carbocycles. The molecular weight excluding hydrogens is 505 g/mol. The Morgan fingerprint density at radius 1 is 0.825 bits per heavy atom. The van der Waals surface area contributed by atoms with Gasteiger partial charge in [0, 0.05) is 19.2 Å². The van der Waals surface area contributed by atoms with Crippen LogP contribution in [0.2, 0.25) is 0 Å². The van der Waals surface area contributed by atoms with E-state index in [1.807, 2.05) is 22.7 Å². The molecule has 0 atom stereocenters. The van der Waals surface area contributed by atoms with Crippen LogP contribution in [0.5, 0.6) is 0 Å². The van der Waals surface area contributed by atoms with E-state index in [1.165, 1.54) is 24.3 Å². The van der Waals surface area contributed by atoms with E-state index in [4.69, 9.17) is 5.11 Å². The number of carbonyl (C=O) groups is 2. The number of aromatic nitrogens is 2. The first-order valence-electron chi connectivity index (χ1n) is 12.8. The van der Waals surface area contributed by atoms with Crippen molar-refractivity contribution in [3.05, 3.63) is 143 Å². The Hall–Kier alpha value is -5.30. The summed E-state index contributed by atoms with van der Waals surface area (Å²) in [7, 11) is 0. The SMILES string of the molecule is O=C(O)c1ccc(CNC(=O)c2cc(-c3ccc(F)cc3)cn3cnc(Cc4ccc5ccccc5c4)c23)cc1. The monoisotopic (exact) mass is 529 g/mol. The number of carboxylic acids is 1. The molecule has 2 heterocycles. The summed E-state index contributed by atoms with van der Waals surface area (Å²) in [5, 5.41) is 14.4. The summed E-state index contributed by atoms with van der Waals surface area (Å²) in [6, 6.07) is 28.7. The summed E-state index contributed by atoms with van der Waals surface area (Å²) < 4.78 is 15.4. The summed E-state index contributed by atoms with van der Waals surface area (Å²) in [6.07, 6.45) is 4.12. The van der Waals surface area contributed by atoms with Crippen molar-refractivity contribution in [3.8, 4) is 11.1 Å². The van der Waals surface area contributed by atoms with Gasteiger partial charge in [-0.3, -0.25) is 4.79 Å². The molecule has 0 bridgehead atoms. The van der Waals surface area contributed by atoms with Gasteiger partial charge in [0.05, 0.1) is 28.7 Å². The number of pyridine rings is 1. The highest BCUT2D eigenvalue weighted by atomic mass is 19.1. The first-order valence-corrected chi connectivity index (χ1v) is 12.8. The van der Waals surface area contributed by atoms with Crippen molar-refractivity contribution in [3.63, 3.8) is 0 Å². The molecule has 2 N–H and O–H groups in total. The van der Waals surface area contributed by atoms with Crippen molar-refractivity contribution in [2.24, 2.45) is 0 Å². The minimum Gasteiger partial charge on any atom is -0.478 e. The number of benzene rings is 4. The lowest BCUT2D eigenvalue weighted by Crippen LogP contribution is -2.23. The summed E-state index contributed by atoms with van der Waals surface area (Å²) in [5.74, 6) is -1.64. The molecule has 2 aromatic heterocycles. The number of nitrogens with zero attached hydrogens (tertiary/aromatic N) is 2. The molecule has 0 radical (unpaired) electrons. The fourth-order valence-electron chi connectivity index (χ4n) is 4.89. The fourth-order valence-corrected chi connectivity index (χ4v) is 4.89. The maximum atomic E-state index is 13.6. The lowest BCUT2D eigenvalue weighted by molar-refractivity contribution is 0.0696. The Labute approximate surface area is 229 Å². The Balaban J connectivity index is 1.37. The molecule has 196 valence electrons. The van der Waals surface area contributed by atoms with Gasteiger partial charge in [0.15, 0.2) is 0 Å². The highest BCUT2D eigenvalue weighted by Gasteiger charge is 2.18. The molecule has 0 fully saturated rings. The number of imidazole rings is 1. The zero-order chi connectivity index (χ0) is 27.6. The van der Waals surface area contributed by atoms with Crippen LogP contribution < -0.4 is 5.32 Å². The number of nitrogens with one attached hydrogen (secondary N) is 1. The lowest BCUT2D eigenvalue weighted by atomic mass is 10.0. The van der Waals surface area contributed by atoms with E-state index in [0.717, 1.165) is 38.7 Å². The van der Waals surface area contributed by atoms with Crippen molar-refractivity contribution < 1.29 is 19.1 Å². The first-order chi connectivity index (χ1) is 19.4. The third kappa shape index (κ3) is 5.05. The number of fused-ring (bicyclic) bond motifs is 2. The van der Waals surface area contributed by atoms with Gasteiger partial charge in [-0.25, -0.2) is 14.2 Å². The average molecular weight is 530 g/mol. The van der Waals surface area contributed by atoms with Crippen molar-refractivity contribution >= 4 is 28.2 Å². The minimum atomic E-state index is -1.00. The molecule has 0 aliphatic heterocycles. The molecule has 0 saturated heterocycles. The van der Waals surface area contributed by atoms with E-state index < -0.39 is 5.97 Å². The van der Waals surface area contributed by atoms with Crippen LogP contribution in [0.3, 0.4) is 0 Å². The van der Waals surface area contributed by atoms with Crippen molar-refractivity contribution in [2.45, 2.75) is 13.0 Å². The van der Waals surface area contributed by atoms with Crippen LogP contribution in [-0.2, 0) is 13.0 Å². The molecule has 0 saturated carbocycles. The number of aromatic carboxylic acids is 1. The van der Waals surface area contributed by atoms with Crippen LogP contribution in [0.15, 0.2) is 110 Å². The average Bonchev–Trinajstić information content (AvgIpc) is 3.38. The van der Waals surface area contributed by atoms with E-state index in [-0.39, 0.29) is 23.8 Å². The molecule has 0 spiro atoms. The quantitative estimate of drug-likeness (QED) is 0.247. The van der Waals surface area contributed by atoms with E-state index in [2.05, 4.69) is 40.6 Å². The molecule has 0 unspecified atom stereocenters. The fraction of sp³-hybridized carbons (Fsp3) is 0.0606. The molecule has 6 rings (SSSR count). The Morgan fingerprint density at radius 3 is 2.30 bits per heavy atom. The molecule has 7 heteroatoms. The standard InChI is InChI=1S/C33H24FN3O3/c34-28-13-11-24(12-14-28)27-17-29(32(38)35-18-21-5-9-25(10-6-21)33(39)40)31-30(36-20-37(31)19-27)16-22-7-8-23-3-1-2-4-26(23)15-22/h1-15,17,19-20H,16,18H2,(H,35,38)(H,39,40). The van der Waals surface area contributed by atoms with Gasteiger partial charge >= 0.3 is 5.97 Å². The van der Waals surface area contributed by atoms with E-state index in [9.17, 15) is 14.0 Å². The second-order valence-corrected chi connectivity index (χ2v) is 9.64. The summed E-state index contributed by atoms with van der Waals surface area (Å²) in [4.78, 5) is 29.4. The molecule has 1 amide bonds. The molecule has 40 heavy (non-hydrogen) atoms. The van der Waals surface area contributed by atoms with E-state index in [1.54, 1.807) is 36.7 Å².